The highest BCUT2D eigenvalue weighted by atomic mass is 32.2. The number of hydrogen-bond acceptors (Lipinski definition) is 9. The third-order valence-corrected chi connectivity index (χ3v) is 5.83. The Morgan fingerprint density at radius 3 is 2.80 bits per heavy atom. The van der Waals surface area contributed by atoms with Crippen molar-refractivity contribution in [1.82, 2.24) is 15.2 Å². The molecule has 132 valence electrons. The number of aliphatic carboxylic acids is 1. The third kappa shape index (κ3) is 2.82. The zero-order valence-electron chi connectivity index (χ0n) is 12.8. The molecule has 1 aromatic rings. The number of hydrogen-bond donors (Lipinski definition) is 4. The highest BCUT2D eigenvalue weighted by molar-refractivity contribution is 8.00. The number of aromatic nitrogens is 1. The highest BCUT2D eigenvalue weighted by Gasteiger charge is 2.54. The zero-order valence-corrected chi connectivity index (χ0v) is 14.4. The summed E-state index contributed by atoms with van der Waals surface area (Å²) in [5.74, 6) is -2.07. The van der Waals surface area contributed by atoms with Crippen LogP contribution in [0, 0.1) is 0 Å². The van der Waals surface area contributed by atoms with Crippen molar-refractivity contribution in [3.8, 4) is 0 Å². The number of nitrogens with one attached hydrogen (secondary N) is 1. The van der Waals surface area contributed by atoms with Crippen molar-refractivity contribution in [1.29, 1.82) is 0 Å². The van der Waals surface area contributed by atoms with Gasteiger partial charge in [0.25, 0.3) is 11.8 Å². The number of nitrogens with two attached hydrogens (primary N) is 1. The van der Waals surface area contributed by atoms with Gasteiger partial charge in [-0.05, 0) is 12.5 Å². The second-order valence-corrected chi connectivity index (χ2v) is 7.31. The number of β-lactam (4-membered cyclic amide) rings is 1. The quantitative estimate of drug-likeness (QED) is 0.238. The molecule has 2 amide bonds. The number of carboxylic acids is 1. The molecule has 10 nitrogen and oxygen atoms in total. The van der Waals surface area contributed by atoms with Crippen LogP contribution < -0.4 is 11.1 Å². The van der Waals surface area contributed by atoms with E-state index >= 15 is 0 Å². The van der Waals surface area contributed by atoms with E-state index in [1.54, 1.807) is 6.92 Å². The molecule has 0 bridgehead atoms. The van der Waals surface area contributed by atoms with Gasteiger partial charge >= 0.3 is 5.97 Å². The number of carbonyl (C=O) groups excluding carboxylic acids is 2. The predicted molar refractivity (Wildman–Crippen MR) is 90.2 cm³/mol. The highest BCUT2D eigenvalue weighted by Crippen LogP contribution is 2.40. The van der Waals surface area contributed by atoms with Crippen molar-refractivity contribution in [3.63, 3.8) is 0 Å². The van der Waals surface area contributed by atoms with Crippen LogP contribution in [0.4, 0.5) is 5.13 Å². The molecule has 2 unspecified atom stereocenters. The lowest BCUT2D eigenvalue weighted by Gasteiger charge is -2.49. The summed E-state index contributed by atoms with van der Waals surface area (Å²) in [4.78, 5) is 41.0. The first-order valence-electron chi connectivity index (χ1n) is 6.97. The Bertz CT molecular complexity index is 833. The van der Waals surface area contributed by atoms with Crippen LogP contribution in [0.5, 0.6) is 0 Å². The fraction of sp³-hybridized carbons (Fsp3) is 0.308. The molecule has 3 heterocycles. The fourth-order valence-electron chi connectivity index (χ4n) is 2.59. The molecule has 2 atom stereocenters. The molecule has 0 aliphatic carbocycles. The molecule has 3 rings (SSSR count). The Labute approximate surface area is 149 Å². The van der Waals surface area contributed by atoms with E-state index in [0.29, 0.717) is 11.3 Å². The summed E-state index contributed by atoms with van der Waals surface area (Å²) in [6.07, 6.45) is 0. The normalized spacial score (nSPS) is 23.2. The van der Waals surface area contributed by atoms with Gasteiger partial charge in [-0.2, -0.15) is 0 Å². The van der Waals surface area contributed by atoms with Gasteiger partial charge in [0.2, 0.25) is 0 Å². The van der Waals surface area contributed by atoms with E-state index in [0.717, 1.165) is 16.2 Å². The Kier molecular flexibility index (Phi) is 4.39. The maximum Gasteiger partial charge on any atom is 0.352 e. The molecule has 0 aromatic carbocycles. The number of anilines is 1. The van der Waals surface area contributed by atoms with Crippen molar-refractivity contribution >= 4 is 51.7 Å². The minimum atomic E-state index is -1.18. The first kappa shape index (κ1) is 17.2. The lowest BCUT2D eigenvalue weighted by Crippen LogP contribution is -2.71. The summed E-state index contributed by atoms with van der Waals surface area (Å²) in [5.41, 5.74) is 5.74. The molecule has 0 saturated carbocycles. The topological polar surface area (TPSA) is 158 Å². The molecule has 2 aliphatic rings. The van der Waals surface area contributed by atoms with Gasteiger partial charge in [-0.25, -0.2) is 9.78 Å². The molecule has 5 N–H and O–H groups in total. The van der Waals surface area contributed by atoms with Crippen molar-refractivity contribution in [3.05, 3.63) is 22.3 Å². The first-order valence-corrected chi connectivity index (χ1v) is 8.90. The van der Waals surface area contributed by atoms with Gasteiger partial charge in [0.15, 0.2) is 10.8 Å². The number of nitrogen functional groups attached to an aromatic ring is 1. The van der Waals surface area contributed by atoms with Gasteiger partial charge in [0.1, 0.15) is 22.8 Å². The van der Waals surface area contributed by atoms with Crippen LogP contribution in [0.25, 0.3) is 0 Å². The maximum absolute atomic E-state index is 12.3. The van der Waals surface area contributed by atoms with Crippen molar-refractivity contribution in [2.75, 3.05) is 11.5 Å². The van der Waals surface area contributed by atoms with E-state index in [1.165, 1.54) is 17.1 Å². The Balaban J connectivity index is 1.76. The summed E-state index contributed by atoms with van der Waals surface area (Å²) < 4.78 is 0. The molecule has 1 fully saturated rings. The van der Waals surface area contributed by atoms with Crippen LogP contribution in [-0.2, 0) is 14.4 Å². The van der Waals surface area contributed by atoms with Crippen LogP contribution in [0.3, 0.4) is 0 Å². The molecular formula is C13H13N5O5S2. The number of thiazole rings is 1. The fourth-order valence-corrected chi connectivity index (χ4v) is 4.43. The van der Waals surface area contributed by atoms with E-state index in [4.69, 9.17) is 10.9 Å². The summed E-state index contributed by atoms with van der Waals surface area (Å²) in [6.45, 7) is 1.65. The van der Waals surface area contributed by atoms with Gasteiger partial charge < -0.3 is 21.4 Å². The number of carboxylic acid groups (broad SMARTS) is 1. The van der Waals surface area contributed by atoms with E-state index in [9.17, 15) is 19.5 Å². The lowest BCUT2D eigenvalue weighted by molar-refractivity contribution is -0.150. The number of rotatable bonds is 4. The average Bonchev–Trinajstić information content (AvgIpc) is 2.98. The minimum Gasteiger partial charge on any atom is -0.477 e. The lowest BCUT2D eigenvalue weighted by atomic mass is 10.0. The van der Waals surface area contributed by atoms with Crippen LogP contribution in [0.2, 0.25) is 0 Å². The van der Waals surface area contributed by atoms with Gasteiger partial charge in [-0.3, -0.25) is 14.5 Å². The monoisotopic (exact) mass is 383 g/mol. The number of oxime groups is 1. The molecule has 25 heavy (non-hydrogen) atoms. The average molecular weight is 383 g/mol. The Hall–Kier alpha value is -2.60. The molecule has 0 radical (unpaired) electrons. The molecule has 1 saturated heterocycles. The SMILES string of the molecule is CC1=C(C(=O)O)N2C(=O)C(NC(=O)/C(=N/O)c3csc(N)n3)C2SC1. The molecule has 1 aromatic heterocycles. The van der Waals surface area contributed by atoms with E-state index in [1.807, 2.05) is 0 Å². The van der Waals surface area contributed by atoms with Crippen molar-refractivity contribution in [2.24, 2.45) is 5.16 Å². The van der Waals surface area contributed by atoms with Crippen molar-refractivity contribution < 1.29 is 24.7 Å². The van der Waals surface area contributed by atoms with Gasteiger partial charge in [0, 0.05) is 11.1 Å². The summed E-state index contributed by atoms with van der Waals surface area (Å²) in [7, 11) is 0. The van der Waals surface area contributed by atoms with Crippen LogP contribution >= 0.6 is 23.1 Å². The summed E-state index contributed by atoms with van der Waals surface area (Å²) in [6, 6.07) is -0.910. The van der Waals surface area contributed by atoms with Crippen LogP contribution in [-0.4, -0.2) is 60.9 Å². The smallest absolute Gasteiger partial charge is 0.352 e. The number of thioether (sulfide) groups is 1. The number of nitrogens with zero attached hydrogens (tertiary/aromatic N) is 3. The summed E-state index contributed by atoms with van der Waals surface area (Å²) in [5, 5.41) is 24.9. The molecule has 12 heteroatoms. The summed E-state index contributed by atoms with van der Waals surface area (Å²) >= 11 is 2.42. The molecular weight excluding hydrogens is 370 g/mol. The molecule has 0 spiro atoms. The third-order valence-electron chi connectivity index (χ3n) is 3.73. The van der Waals surface area contributed by atoms with Crippen molar-refractivity contribution in [2.45, 2.75) is 18.3 Å². The first-order chi connectivity index (χ1) is 11.8. The largest absolute Gasteiger partial charge is 0.477 e. The van der Waals surface area contributed by atoms with Gasteiger partial charge in [-0.1, -0.05) is 5.16 Å². The number of fused-ring (bicyclic) bond motifs is 1. The van der Waals surface area contributed by atoms with E-state index in [-0.39, 0.29) is 22.2 Å². The predicted octanol–water partition coefficient (Wildman–Crippen LogP) is -0.338. The van der Waals surface area contributed by atoms with Gasteiger partial charge in [0.05, 0.1) is 0 Å². The maximum atomic E-state index is 12.3. The second-order valence-electron chi connectivity index (χ2n) is 5.31. The standard InChI is InChI=1S/C13H13N5O5S2/c1-4-2-24-11-7(10(20)18(11)8(4)12(21)22)16-9(19)6(17-23)5-3-25-13(14)15-5/h3,7,11,23H,2H2,1H3,(H2,14,15)(H,16,19)(H,21,22)/b17-6+. The van der Waals surface area contributed by atoms with Gasteiger partial charge in [-0.15, -0.1) is 23.1 Å². The second kappa shape index (κ2) is 6.37. The van der Waals surface area contributed by atoms with Crippen LogP contribution in [0.1, 0.15) is 12.6 Å². The van der Waals surface area contributed by atoms with E-state index in [2.05, 4.69) is 15.5 Å². The van der Waals surface area contributed by atoms with Crippen LogP contribution in [0.15, 0.2) is 21.8 Å². The minimum absolute atomic E-state index is 0.0532. The Morgan fingerprint density at radius 2 is 2.24 bits per heavy atom. The Morgan fingerprint density at radius 1 is 1.52 bits per heavy atom. The number of amides is 2. The number of carbonyl (C=O) groups is 3. The molecule has 2 aliphatic heterocycles. The van der Waals surface area contributed by atoms with E-state index < -0.39 is 29.2 Å². The zero-order chi connectivity index (χ0) is 18.3.